The highest BCUT2D eigenvalue weighted by Gasteiger charge is 2.47. The number of thiazole rings is 1. The van der Waals surface area contributed by atoms with Crippen molar-refractivity contribution in [1.29, 1.82) is 0 Å². The summed E-state index contributed by atoms with van der Waals surface area (Å²) in [6.07, 6.45) is 5.38. The number of aromatic nitrogens is 1. The molecule has 2 fully saturated rings. The maximum Gasteiger partial charge on any atom is 0.211 e. The lowest BCUT2D eigenvalue weighted by atomic mass is 9.87. The molecule has 2 saturated heterocycles. The van der Waals surface area contributed by atoms with Crippen LogP contribution in [0.25, 0.3) is 0 Å². The molecule has 0 aromatic carbocycles. The van der Waals surface area contributed by atoms with E-state index in [9.17, 15) is 8.42 Å². The van der Waals surface area contributed by atoms with Crippen molar-refractivity contribution in [3.05, 3.63) is 16.1 Å². The number of rotatable bonds is 3. The van der Waals surface area contributed by atoms with Gasteiger partial charge in [0.15, 0.2) is 0 Å². The molecule has 1 aromatic heterocycles. The molecule has 2 aliphatic heterocycles. The van der Waals surface area contributed by atoms with E-state index < -0.39 is 10.0 Å². The van der Waals surface area contributed by atoms with Gasteiger partial charge in [-0.05, 0) is 39.2 Å². The van der Waals surface area contributed by atoms with Crippen LogP contribution in [0.3, 0.4) is 0 Å². The Morgan fingerprint density at radius 2 is 2.05 bits per heavy atom. The molecule has 0 N–H and O–H groups in total. The lowest BCUT2D eigenvalue weighted by molar-refractivity contribution is 0.0834. The second kappa shape index (κ2) is 5.61. The fraction of sp³-hybridized carbons (Fsp3) is 0.786. The maximum atomic E-state index is 12.1. The van der Waals surface area contributed by atoms with E-state index >= 15 is 0 Å². The Morgan fingerprint density at radius 1 is 1.33 bits per heavy atom. The highest BCUT2D eigenvalue weighted by Crippen LogP contribution is 2.39. The first kappa shape index (κ1) is 15.4. The molecule has 2 aliphatic rings. The minimum atomic E-state index is -3.11. The number of hydrogen-bond acceptors (Lipinski definition) is 5. The zero-order valence-electron chi connectivity index (χ0n) is 12.7. The van der Waals surface area contributed by atoms with Crippen molar-refractivity contribution < 1.29 is 8.42 Å². The van der Waals surface area contributed by atoms with Crippen molar-refractivity contribution >= 4 is 21.4 Å². The number of hydrogen-bond donors (Lipinski definition) is 0. The first-order chi connectivity index (χ1) is 9.89. The molecular weight excluding hydrogens is 306 g/mol. The molecule has 1 atom stereocenters. The summed E-state index contributed by atoms with van der Waals surface area (Å²) in [4.78, 5) is 6.91. The molecule has 7 heteroatoms. The molecule has 0 saturated carbocycles. The molecule has 0 radical (unpaired) electrons. The fourth-order valence-electron chi connectivity index (χ4n) is 3.89. The van der Waals surface area contributed by atoms with Gasteiger partial charge in [0, 0.05) is 30.6 Å². The van der Waals surface area contributed by atoms with Crippen molar-refractivity contribution in [3.63, 3.8) is 0 Å². The summed E-state index contributed by atoms with van der Waals surface area (Å²) in [6, 6.07) is 0. The van der Waals surface area contributed by atoms with Gasteiger partial charge in [-0.2, -0.15) is 4.31 Å². The van der Waals surface area contributed by atoms with Gasteiger partial charge < -0.3 is 0 Å². The van der Waals surface area contributed by atoms with E-state index in [1.165, 1.54) is 6.26 Å². The maximum absolute atomic E-state index is 12.1. The molecule has 5 nitrogen and oxygen atoms in total. The van der Waals surface area contributed by atoms with Gasteiger partial charge in [-0.15, -0.1) is 11.3 Å². The van der Waals surface area contributed by atoms with Crippen molar-refractivity contribution in [2.75, 3.05) is 25.9 Å². The molecule has 21 heavy (non-hydrogen) atoms. The van der Waals surface area contributed by atoms with E-state index in [1.807, 2.05) is 6.92 Å². The summed E-state index contributed by atoms with van der Waals surface area (Å²) >= 11 is 1.68. The van der Waals surface area contributed by atoms with Gasteiger partial charge in [0.25, 0.3) is 0 Å². The summed E-state index contributed by atoms with van der Waals surface area (Å²) in [5.41, 5.74) is 0.940. The standard InChI is InChI=1S/C14H23N3O2S2/c1-12-15-13(10-20-12)9-16-7-3-5-14(11-16)6-4-8-17(14)21(2,18)19/h10H,3-9,11H2,1-2H3/t14-/m1/s1. The van der Waals surface area contributed by atoms with Crippen molar-refractivity contribution in [1.82, 2.24) is 14.2 Å². The molecule has 0 bridgehead atoms. The average molecular weight is 329 g/mol. The van der Waals surface area contributed by atoms with E-state index in [4.69, 9.17) is 0 Å². The Balaban J connectivity index is 1.76. The number of nitrogens with zero attached hydrogens (tertiary/aromatic N) is 3. The van der Waals surface area contributed by atoms with E-state index in [-0.39, 0.29) is 5.54 Å². The van der Waals surface area contributed by atoms with E-state index in [0.717, 1.165) is 56.0 Å². The fourth-order valence-corrected chi connectivity index (χ4v) is 5.90. The normalized spacial score (nSPS) is 28.5. The van der Waals surface area contributed by atoms with Gasteiger partial charge in [-0.1, -0.05) is 0 Å². The van der Waals surface area contributed by atoms with Crippen molar-refractivity contribution in [3.8, 4) is 0 Å². The molecule has 1 aromatic rings. The highest BCUT2D eigenvalue weighted by atomic mass is 32.2. The molecule has 0 aliphatic carbocycles. The van der Waals surface area contributed by atoms with Crippen LogP contribution in [0.2, 0.25) is 0 Å². The van der Waals surface area contributed by atoms with Crippen LogP contribution < -0.4 is 0 Å². The first-order valence-electron chi connectivity index (χ1n) is 7.50. The van der Waals surface area contributed by atoms with Crippen LogP contribution in [-0.2, 0) is 16.6 Å². The number of aryl methyl sites for hydroxylation is 1. The Hall–Kier alpha value is -0.500. The lowest BCUT2D eigenvalue weighted by Gasteiger charge is -2.44. The summed E-state index contributed by atoms with van der Waals surface area (Å²) in [5, 5.41) is 3.20. The van der Waals surface area contributed by atoms with Gasteiger partial charge in [0.05, 0.1) is 17.0 Å². The lowest BCUT2D eigenvalue weighted by Crippen LogP contribution is -2.56. The smallest absolute Gasteiger partial charge is 0.211 e. The van der Waals surface area contributed by atoms with Gasteiger partial charge in [0.1, 0.15) is 0 Å². The van der Waals surface area contributed by atoms with Crippen LogP contribution in [0.5, 0.6) is 0 Å². The minimum Gasteiger partial charge on any atom is -0.296 e. The van der Waals surface area contributed by atoms with Crippen molar-refractivity contribution in [2.45, 2.75) is 44.7 Å². The summed E-state index contributed by atoms with van der Waals surface area (Å²) < 4.78 is 25.9. The van der Waals surface area contributed by atoms with Crippen LogP contribution in [0, 0.1) is 6.92 Å². The molecule has 0 amide bonds. The molecule has 118 valence electrons. The monoisotopic (exact) mass is 329 g/mol. The van der Waals surface area contributed by atoms with Gasteiger partial charge in [0.2, 0.25) is 10.0 Å². The van der Waals surface area contributed by atoms with Crippen LogP contribution >= 0.6 is 11.3 Å². The largest absolute Gasteiger partial charge is 0.296 e. The number of sulfonamides is 1. The second-order valence-corrected chi connectivity index (χ2v) is 9.30. The highest BCUT2D eigenvalue weighted by molar-refractivity contribution is 7.88. The third kappa shape index (κ3) is 3.16. The average Bonchev–Trinajstić information content (AvgIpc) is 2.96. The third-order valence-corrected chi connectivity index (χ3v) is 6.81. The molecule has 3 rings (SSSR count). The van der Waals surface area contributed by atoms with Gasteiger partial charge in [-0.3, -0.25) is 4.90 Å². The van der Waals surface area contributed by atoms with E-state index in [0.29, 0.717) is 6.54 Å². The Labute approximate surface area is 131 Å². The molecule has 1 spiro atoms. The first-order valence-corrected chi connectivity index (χ1v) is 10.2. The molecule has 3 heterocycles. The predicted octanol–water partition coefficient (Wildman–Crippen LogP) is 1.84. The Kier molecular flexibility index (Phi) is 4.11. The summed E-state index contributed by atoms with van der Waals surface area (Å²) in [6.45, 7) is 5.42. The predicted molar refractivity (Wildman–Crippen MR) is 84.9 cm³/mol. The zero-order valence-corrected chi connectivity index (χ0v) is 14.3. The second-order valence-electron chi connectivity index (χ2n) is 6.34. The van der Waals surface area contributed by atoms with E-state index in [2.05, 4.69) is 15.3 Å². The quantitative estimate of drug-likeness (QED) is 0.849. The third-order valence-electron chi connectivity index (χ3n) is 4.62. The number of likely N-dealkylation sites (tertiary alicyclic amines) is 1. The molecular formula is C14H23N3O2S2. The summed E-state index contributed by atoms with van der Waals surface area (Å²) in [7, 11) is -3.11. The van der Waals surface area contributed by atoms with Crippen LogP contribution in [0.1, 0.15) is 36.4 Å². The van der Waals surface area contributed by atoms with E-state index in [1.54, 1.807) is 15.6 Å². The summed E-state index contributed by atoms with van der Waals surface area (Å²) in [5.74, 6) is 0. The topological polar surface area (TPSA) is 53.5 Å². The van der Waals surface area contributed by atoms with Crippen LogP contribution in [0.4, 0.5) is 0 Å². The minimum absolute atomic E-state index is 0.170. The van der Waals surface area contributed by atoms with Crippen molar-refractivity contribution in [2.24, 2.45) is 0 Å². The SMILES string of the molecule is Cc1nc(CN2CCC[C@@]3(CCCN3S(C)(=O)=O)C2)cs1. The Bertz CT molecular complexity index is 613. The zero-order chi connectivity index (χ0) is 15.1. The van der Waals surface area contributed by atoms with Crippen LogP contribution in [0.15, 0.2) is 5.38 Å². The van der Waals surface area contributed by atoms with Crippen LogP contribution in [-0.4, -0.2) is 54.0 Å². The molecule has 0 unspecified atom stereocenters. The van der Waals surface area contributed by atoms with Gasteiger partial charge >= 0.3 is 0 Å². The Morgan fingerprint density at radius 3 is 2.67 bits per heavy atom. The number of piperidine rings is 1. The van der Waals surface area contributed by atoms with Gasteiger partial charge in [-0.25, -0.2) is 13.4 Å².